The molecule has 23 heavy (non-hydrogen) atoms. The minimum Gasteiger partial charge on any atom is -0.491 e. The van der Waals surface area contributed by atoms with Crippen LogP contribution in [0.5, 0.6) is 5.75 Å². The molecular formula is C17H23BClFO3. The molecule has 0 spiro atoms. The summed E-state index contributed by atoms with van der Waals surface area (Å²) in [6.45, 7) is 11.4. The minimum atomic E-state index is -1.02. The van der Waals surface area contributed by atoms with Gasteiger partial charge in [0.05, 0.1) is 17.3 Å². The van der Waals surface area contributed by atoms with Gasteiger partial charge in [0.1, 0.15) is 11.5 Å². The van der Waals surface area contributed by atoms with Crippen LogP contribution >= 0.6 is 11.6 Å². The lowest BCUT2D eigenvalue weighted by Crippen LogP contribution is -2.41. The Hall–Kier alpha value is -1.04. The second-order valence-corrected chi connectivity index (χ2v) is 7.44. The van der Waals surface area contributed by atoms with Gasteiger partial charge in [0.25, 0.3) is 0 Å². The molecule has 0 saturated carbocycles. The molecule has 126 valence electrons. The van der Waals surface area contributed by atoms with Crippen molar-refractivity contribution in [3.8, 4) is 5.75 Å². The molecule has 1 fully saturated rings. The van der Waals surface area contributed by atoms with Crippen molar-refractivity contribution in [2.45, 2.75) is 58.8 Å². The number of benzene rings is 1. The molecule has 2 rings (SSSR count). The van der Waals surface area contributed by atoms with Crippen molar-refractivity contribution >= 4 is 24.8 Å². The fourth-order valence-corrected chi connectivity index (χ4v) is 2.42. The van der Waals surface area contributed by atoms with E-state index in [0.717, 1.165) is 0 Å². The van der Waals surface area contributed by atoms with Gasteiger partial charge in [-0.05, 0) is 71.4 Å². The van der Waals surface area contributed by atoms with Gasteiger partial charge in [-0.1, -0.05) is 11.6 Å². The van der Waals surface area contributed by atoms with Crippen LogP contribution in [-0.4, -0.2) is 24.4 Å². The first-order valence-corrected chi connectivity index (χ1v) is 8.08. The molecule has 0 atom stereocenters. The third kappa shape index (κ3) is 4.28. The zero-order valence-corrected chi connectivity index (χ0v) is 15.2. The molecule has 0 N–H and O–H groups in total. The van der Waals surface area contributed by atoms with Crippen LogP contribution in [0.15, 0.2) is 23.9 Å². The first-order valence-electron chi connectivity index (χ1n) is 7.70. The van der Waals surface area contributed by atoms with E-state index in [1.807, 2.05) is 41.5 Å². The lowest BCUT2D eigenvalue weighted by molar-refractivity contribution is 0.00578. The smallest absolute Gasteiger partial charge is 0.491 e. The van der Waals surface area contributed by atoms with E-state index in [4.69, 9.17) is 25.6 Å². The molecule has 0 aromatic heterocycles. The number of ether oxygens (including phenoxy) is 1. The Balaban J connectivity index is 2.23. The maximum atomic E-state index is 14.5. The van der Waals surface area contributed by atoms with Gasteiger partial charge in [0.2, 0.25) is 0 Å². The predicted molar refractivity (Wildman–Crippen MR) is 92.4 cm³/mol. The van der Waals surface area contributed by atoms with E-state index in [1.54, 1.807) is 18.2 Å². The average molecular weight is 341 g/mol. The van der Waals surface area contributed by atoms with Crippen molar-refractivity contribution in [1.82, 2.24) is 0 Å². The number of rotatable bonds is 4. The van der Waals surface area contributed by atoms with Crippen LogP contribution in [0.3, 0.4) is 0 Å². The fourth-order valence-electron chi connectivity index (χ4n) is 2.19. The summed E-state index contributed by atoms with van der Waals surface area (Å²) in [5, 5.41) is 0.483. The summed E-state index contributed by atoms with van der Waals surface area (Å²) in [7, 11) is -1.02. The van der Waals surface area contributed by atoms with Crippen molar-refractivity contribution < 1.29 is 18.4 Å². The summed E-state index contributed by atoms with van der Waals surface area (Å²) >= 11 is 6.07. The van der Waals surface area contributed by atoms with Crippen LogP contribution in [-0.2, 0) is 9.31 Å². The van der Waals surface area contributed by atoms with E-state index in [-0.39, 0.29) is 6.10 Å². The predicted octanol–water partition coefficient (Wildman–Crippen LogP) is 5.07. The van der Waals surface area contributed by atoms with Crippen molar-refractivity contribution in [3.05, 3.63) is 34.5 Å². The molecule has 1 aromatic carbocycles. The topological polar surface area (TPSA) is 27.7 Å². The van der Waals surface area contributed by atoms with Crippen LogP contribution in [0.25, 0.3) is 6.08 Å². The van der Waals surface area contributed by atoms with E-state index in [0.29, 0.717) is 16.3 Å². The monoisotopic (exact) mass is 340 g/mol. The van der Waals surface area contributed by atoms with Gasteiger partial charge >= 0.3 is 7.12 Å². The fraction of sp³-hybridized carbons (Fsp3) is 0.529. The number of hydrogen-bond donors (Lipinski definition) is 0. The van der Waals surface area contributed by atoms with Gasteiger partial charge in [-0.25, -0.2) is 4.39 Å². The normalized spacial score (nSPS) is 20.2. The summed E-state index contributed by atoms with van der Waals surface area (Å²) in [4.78, 5) is 0. The standard InChI is InChI=1S/C17H23BClFO3/c1-11(2)21-14-8-12(7-13(19)10-14)9-15(20)18-22-16(3,4)17(5,6)23-18/h7-11H,1-6H3. The van der Waals surface area contributed by atoms with Crippen molar-refractivity contribution in [2.75, 3.05) is 0 Å². The van der Waals surface area contributed by atoms with Crippen molar-refractivity contribution in [1.29, 1.82) is 0 Å². The second-order valence-electron chi connectivity index (χ2n) is 7.00. The molecule has 3 nitrogen and oxygen atoms in total. The molecule has 0 bridgehead atoms. The number of halogens is 2. The summed E-state index contributed by atoms with van der Waals surface area (Å²) in [5.41, 5.74) is -1.06. The zero-order valence-electron chi connectivity index (χ0n) is 14.4. The Morgan fingerprint density at radius 3 is 2.26 bits per heavy atom. The quantitative estimate of drug-likeness (QED) is 0.716. The first-order chi connectivity index (χ1) is 10.5. The van der Waals surface area contributed by atoms with Gasteiger partial charge < -0.3 is 14.0 Å². The highest BCUT2D eigenvalue weighted by Crippen LogP contribution is 2.39. The van der Waals surface area contributed by atoms with Crippen LogP contribution in [0.2, 0.25) is 5.02 Å². The molecule has 1 saturated heterocycles. The summed E-state index contributed by atoms with van der Waals surface area (Å²) < 4.78 is 31.5. The van der Waals surface area contributed by atoms with E-state index < -0.39 is 24.0 Å². The highest BCUT2D eigenvalue weighted by molar-refractivity contribution is 6.54. The molecule has 1 aliphatic heterocycles. The van der Waals surface area contributed by atoms with Gasteiger partial charge in [0.15, 0.2) is 0 Å². The number of hydrogen-bond acceptors (Lipinski definition) is 3. The SMILES string of the molecule is CC(C)Oc1cc(Cl)cc(C=C(F)B2OC(C)(C)C(C)(C)O2)c1. The Bertz CT molecular complexity index is 598. The summed E-state index contributed by atoms with van der Waals surface area (Å²) in [6.07, 6.45) is 1.37. The molecule has 6 heteroatoms. The maximum absolute atomic E-state index is 14.5. The minimum absolute atomic E-state index is 0.0123. The third-order valence-corrected chi connectivity index (χ3v) is 4.27. The molecule has 1 aliphatic rings. The van der Waals surface area contributed by atoms with Crippen molar-refractivity contribution in [2.24, 2.45) is 0 Å². The van der Waals surface area contributed by atoms with Gasteiger partial charge in [-0.15, -0.1) is 0 Å². The van der Waals surface area contributed by atoms with E-state index in [9.17, 15) is 4.39 Å². The first kappa shape index (κ1) is 18.3. The van der Waals surface area contributed by atoms with E-state index >= 15 is 0 Å². The van der Waals surface area contributed by atoms with Crippen LogP contribution in [0.4, 0.5) is 4.39 Å². The summed E-state index contributed by atoms with van der Waals surface area (Å²) in [5.74, 6) is 0.598. The zero-order chi connectivity index (χ0) is 17.4. The van der Waals surface area contributed by atoms with E-state index in [1.165, 1.54) is 6.08 Å². The van der Waals surface area contributed by atoms with Crippen LogP contribution in [0.1, 0.15) is 47.1 Å². The lowest BCUT2D eigenvalue weighted by atomic mass is 9.87. The van der Waals surface area contributed by atoms with Gasteiger partial charge in [-0.2, -0.15) is 0 Å². The highest BCUT2D eigenvalue weighted by Gasteiger charge is 2.53. The van der Waals surface area contributed by atoms with Gasteiger partial charge in [-0.3, -0.25) is 0 Å². The maximum Gasteiger partial charge on any atom is 0.525 e. The molecule has 1 heterocycles. The molecule has 1 aromatic rings. The highest BCUT2D eigenvalue weighted by atomic mass is 35.5. The Morgan fingerprint density at radius 2 is 1.74 bits per heavy atom. The van der Waals surface area contributed by atoms with Crippen LogP contribution in [0, 0.1) is 0 Å². The molecule has 0 amide bonds. The lowest BCUT2D eigenvalue weighted by Gasteiger charge is -2.32. The molecule has 0 aliphatic carbocycles. The van der Waals surface area contributed by atoms with Gasteiger partial charge in [0, 0.05) is 5.02 Å². The Labute approximate surface area is 142 Å². The second kappa shape index (κ2) is 6.46. The average Bonchev–Trinajstić information content (AvgIpc) is 2.56. The van der Waals surface area contributed by atoms with E-state index in [2.05, 4.69) is 0 Å². The largest absolute Gasteiger partial charge is 0.525 e. The Morgan fingerprint density at radius 1 is 1.17 bits per heavy atom. The Kier molecular flexibility index (Phi) is 5.14. The third-order valence-electron chi connectivity index (χ3n) is 4.05. The van der Waals surface area contributed by atoms with Crippen molar-refractivity contribution in [3.63, 3.8) is 0 Å². The molecule has 0 unspecified atom stereocenters. The van der Waals surface area contributed by atoms with Crippen LogP contribution < -0.4 is 4.74 Å². The summed E-state index contributed by atoms with van der Waals surface area (Å²) in [6, 6.07) is 5.10. The molecular weight excluding hydrogens is 317 g/mol. The molecule has 0 radical (unpaired) electrons.